The van der Waals surface area contributed by atoms with Crippen LogP contribution in [0.3, 0.4) is 0 Å². The van der Waals surface area contributed by atoms with Crippen molar-refractivity contribution in [3.8, 4) is 5.75 Å². The van der Waals surface area contributed by atoms with Gasteiger partial charge in [-0.05, 0) is 56.0 Å². The molecular weight excluding hydrogens is 538 g/mol. The normalized spacial score (nSPS) is 14.3. The Morgan fingerprint density at radius 1 is 0.902 bits per heavy atom. The van der Waals surface area contributed by atoms with Crippen LogP contribution in [0.1, 0.15) is 51.5 Å². The standard InChI is InChI=1S/C32H39N3O5S/c1-3-28(32(37)33-26-17-11-12-18-26)34(23-25-15-7-5-8-16-25)31(36)24-35(29-21-13-14-22-30(29)40-4-2)41(38,39)27-19-9-6-10-20-27/h5-10,13-16,19-22,26,28H,3-4,11-12,17-18,23-24H2,1-2H3,(H,33,37)/t28-/m0/s1. The molecule has 8 nitrogen and oxygen atoms in total. The first-order chi connectivity index (χ1) is 19.8. The number of anilines is 1. The van der Waals surface area contributed by atoms with Crippen molar-refractivity contribution in [1.82, 2.24) is 10.2 Å². The van der Waals surface area contributed by atoms with E-state index in [1.807, 2.05) is 44.2 Å². The summed E-state index contributed by atoms with van der Waals surface area (Å²) in [6, 6.07) is 23.6. The molecule has 0 radical (unpaired) electrons. The van der Waals surface area contributed by atoms with Crippen LogP contribution in [0.5, 0.6) is 5.75 Å². The number of amides is 2. The van der Waals surface area contributed by atoms with Crippen molar-refractivity contribution in [3.63, 3.8) is 0 Å². The summed E-state index contributed by atoms with van der Waals surface area (Å²) in [7, 11) is -4.16. The lowest BCUT2D eigenvalue weighted by molar-refractivity contribution is -0.140. The van der Waals surface area contributed by atoms with Crippen molar-refractivity contribution < 1.29 is 22.7 Å². The molecule has 41 heavy (non-hydrogen) atoms. The van der Waals surface area contributed by atoms with Crippen molar-refractivity contribution in [1.29, 1.82) is 0 Å². The zero-order chi connectivity index (χ0) is 29.2. The first-order valence-electron chi connectivity index (χ1n) is 14.3. The van der Waals surface area contributed by atoms with Gasteiger partial charge in [0, 0.05) is 12.6 Å². The smallest absolute Gasteiger partial charge is 0.264 e. The van der Waals surface area contributed by atoms with Gasteiger partial charge in [-0.2, -0.15) is 0 Å². The maximum atomic E-state index is 14.2. The minimum Gasteiger partial charge on any atom is -0.492 e. The molecule has 3 aromatic carbocycles. The maximum absolute atomic E-state index is 14.2. The number of hydrogen-bond donors (Lipinski definition) is 1. The molecule has 0 heterocycles. The van der Waals surface area contributed by atoms with Gasteiger partial charge in [-0.1, -0.05) is 80.4 Å². The average Bonchev–Trinajstić information content (AvgIpc) is 3.50. The van der Waals surface area contributed by atoms with Gasteiger partial charge < -0.3 is 15.0 Å². The third-order valence-corrected chi connectivity index (χ3v) is 9.10. The number of rotatable bonds is 13. The monoisotopic (exact) mass is 577 g/mol. The van der Waals surface area contributed by atoms with E-state index < -0.39 is 28.5 Å². The molecule has 0 aliphatic heterocycles. The van der Waals surface area contributed by atoms with E-state index in [-0.39, 0.29) is 29.1 Å². The molecule has 0 spiro atoms. The quantitative estimate of drug-likeness (QED) is 0.303. The Kier molecular flexibility index (Phi) is 10.4. The molecule has 1 fully saturated rings. The number of carbonyl (C=O) groups is 2. The second kappa shape index (κ2) is 14.2. The number of nitrogens with one attached hydrogen (secondary N) is 1. The van der Waals surface area contributed by atoms with Crippen molar-refractivity contribution in [2.24, 2.45) is 0 Å². The second-order valence-corrected chi connectivity index (χ2v) is 12.0. The summed E-state index contributed by atoms with van der Waals surface area (Å²) in [6.07, 6.45) is 4.37. The van der Waals surface area contributed by atoms with E-state index in [0.717, 1.165) is 35.6 Å². The van der Waals surface area contributed by atoms with E-state index in [2.05, 4.69) is 5.32 Å². The number of hydrogen-bond acceptors (Lipinski definition) is 5. The van der Waals surface area contributed by atoms with Crippen molar-refractivity contribution >= 4 is 27.5 Å². The molecule has 0 unspecified atom stereocenters. The SMILES string of the molecule is CCOc1ccccc1N(CC(=O)N(Cc1ccccc1)[C@@H](CC)C(=O)NC1CCCC1)S(=O)(=O)c1ccccc1. The third kappa shape index (κ3) is 7.47. The number of benzene rings is 3. The van der Waals surface area contributed by atoms with Gasteiger partial charge in [-0.25, -0.2) is 8.42 Å². The number of nitrogens with zero attached hydrogens (tertiary/aromatic N) is 2. The molecule has 2 amide bonds. The van der Waals surface area contributed by atoms with Crippen LogP contribution in [-0.4, -0.2) is 50.4 Å². The summed E-state index contributed by atoms with van der Waals surface area (Å²) >= 11 is 0. The van der Waals surface area contributed by atoms with Gasteiger partial charge >= 0.3 is 0 Å². The number of carbonyl (C=O) groups excluding carboxylic acids is 2. The van der Waals surface area contributed by atoms with Crippen LogP contribution in [0.4, 0.5) is 5.69 Å². The minimum atomic E-state index is -4.16. The first-order valence-corrected chi connectivity index (χ1v) is 15.7. The topological polar surface area (TPSA) is 96.0 Å². The van der Waals surface area contributed by atoms with Gasteiger partial charge in [0.05, 0.1) is 17.2 Å². The van der Waals surface area contributed by atoms with Crippen LogP contribution >= 0.6 is 0 Å². The van der Waals surface area contributed by atoms with Crippen LogP contribution in [0.25, 0.3) is 0 Å². The highest BCUT2D eigenvalue weighted by Crippen LogP contribution is 2.33. The highest BCUT2D eigenvalue weighted by atomic mass is 32.2. The highest BCUT2D eigenvalue weighted by molar-refractivity contribution is 7.92. The zero-order valence-electron chi connectivity index (χ0n) is 23.7. The molecule has 0 saturated heterocycles. The van der Waals surface area contributed by atoms with E-state index in [1.165, 1.54) is 17.0 Å². The molecule has 9 heteroatoms. The van der Waals surface area contributed by atoms with Crippen LogP contribution in [0.15, 0.2) is 89.8 Å². The van der Waals surface area contributed by atoms with Crippen LogP contribution in [-0.2, 0) is 26.2 Å². The Balaban J connectivity index is 1.73. The van der Waals surface area contributed by atoms with Crippen molar-refractivity contribution in [2.45, 2.75) is 69.5 Å². The lowest BCUT2D eigenvalue weighted by Gasteiger charge is -2.34. The predicted octanol–water partition coefficient (Wildman–Crippen LogP) is 5.15. The molecule has 0 bridgehead atoms. The largest absolute Gasteiger partial charge is 0.492 e. The summed E-state index contributed by atoms with van der Waals surface area (Å²) in [5.41, 5.74) is 1.11. The Morgan fingerprint density at radius 2 is 1.51 bits per heavy atom. The van der Waals surface area contributed by atoms with Crippen LogP contribution in [0.2, 0.25) is 0 Å². The van der Waals surface area contributed by atoms with Crippen LogP contribution < -0.4 is 14.4 Å². The van der Waals surface area contributed by atoms with E-state index in [0.29, 0.717) is 18.8 Å². The summed E-state index contributed by atoms with van der Waals surface area (Å²) in [5.74, 6) is -0.341. The summed E-state index contributed by atoms with van der Waals surface area (Å²) < 4.78 is 34.9. The Hall–Kier alpha value is -3.85. The molecule has 1 aliphatic carbocycles. The van der Waals surface area contributed by atoms with E-state index in [4.69, 9.17) is 4.74 Å². The van der Waals surface area contributed by atoms with E-state index in [9.17, 15) is 18.0 Å². The predicted molar refractivity (Wildman–Crippen MR) is 160 cm³/mol. The molecule has 218 valence electrons. The highest BCUT2D eigenvalue weighted by Gasteiger charge is 2.35. The lowest BCUT2D eigenvalue weighted by Crippen LogP contribution is -2.53. The maximum Gasteiger partial charge on any atom is 0.264 e. The van der Waals surface area contributed by atoms with Crippen molar-refractivity contribution in [3.05, 3.63) is 90.5 Å². The van der Waals surface area contributed by atoms with Crippen molar-refractivity contribution in [2.75, 3.05) is 17.5 Å². The van der Waals surface area contributed by atoms with Gasteiger partial charge in [-0.15, -0.1) is 0 Å². The molecule has 0 aromatic heterocycles. The number of para-hydroxylation sites is 2. The summed E-state index contributed by atoms with van der Waals surface area (Å²) in [4.78, 5) is 29.3. The average molecular weight is 578 g/mol. The first kappa shape index (κ1) is 30.1. The Bertz CT molecular complexity index is 1390. The second-order valence-electron chi connectivity index (χ2n) is 10.1. The molecular formula is C32H39N3O5S. The molecule has 1 aliphatic rings. The molecule has 4 rings (SSSR count). The summed E-state index contributed by atoms with van der Waals surface area (Å²) in [6.45, 7) is 3.68. The molecule has 3 aromatic rings. The fraction of sp³-hybridized carbons (Fsp3) is 0.375. The summed E-state index contributed by atoms with van der Waals surface area (Å²) in [5, 5.41) is 3.13. The molecule has 1 atom stereocenters. The lowest BCUT2D eigenvalue weighted by atomic mass is 10.1. The number of sulfonamides is 1. The number of ether oxygens (including phenoxy) is 1. The molecule has 1 N–H and O–H groups in total. The van der Waals surface area contributed by atoms with Gasteiger partial charge in [0.2, 0.25) is 11.8 Å². The van der Waals surface area contributed by atoms with Gasteiger partial charge in [0.1, 0.15) is 18.3 Å². The van der Waals surface area contributed by atoms with E-state index in [1.54, 1.807) is 42.5 Å². The van der Waals surface area contributed by atoms with Gasteiger partial charge in [-0.3, -0.25) is 13.9 Å². The van der Waals surface area contributed by atoms with E-state index >= 15 is 0 Å². The van der Waals surface area contributed by atoms with Gasteiger partial charge in [0.25, 0.3) is 10.0 Å². The molecule has 1 saturated carbocycles. The van der Waals surface area contributed by atoms with Crippen LogP contribution in [0, 0.1) is 0 Å². The third-order valence-electron chi connectivity index (χ3n) is 7.33. The zero-order valence-corrected chi connectivity index (χ0v) is 24.6. The Labute approximate surface area is 243 Å². The Morgan fingerprint density at radius 3 is 2.15 bits per heavy atom. The fourth-order valence-electron chi connectivity index (χ4n) is 5.24. The minimum absolute atomic E-state index is 0.0553. The van der Waals surface area contributed by atoms with Gasteiger partial charge in [0.15, 0.2) is 0 Å². The fourth-order valence-corrected chi connectivity index (χ4v) is 6.69.